The quantitative estimate of drug-likeness (QED) is 0.766. The molecule has 3 nitrogen and oxygen atoms in total. The minimum Gasteiger partial charge on any atom is -0.490 e. The molecule has 0 unspecified atom stereocenters. The molecule has 1 aliphatic rings. The Balaban J connectivity index is 1.89. The molecular formula is C16H25NO2. The Kier molecular flexibility index (Phi) is 5.67. The lowest BCUT2D eigenvalue weighted by Crippen LogP contribution is -2.22. The molecule has 0 amide bonds. The van der Waals surface area contributed by atoms with Gasteiger partial charge < -0.3 is 14.8 Å². The van der Waals surface area contributed by atoms with Gasteiger partial charge >= 0.3 is 0 Å². The van der Waals surface area contributed by atoms with Gasteiger partial charge in [0.25, 0.3) is 0 Å². The number of hydrogen-bond donors (Lipinski definition) is 1. The fraction of sp³-hybridized carbons (Fsp3) is 0.625. The minimum absolute atomic E-state index is 0.322. The highest BCUT2D eigenvalue weighted by Crippen LogP contribution is 2.25. The van der Waals surface area contributed by atoms with Crippen LogP contribution in [0.1, 0.15) is 44.2 Å². The van der Waals surface area contributed by atoms with Crippen LogP contribution in [0.2, 0.25) is 0 Å². The average Bonchev–Trinajstić information content (AvgIpc) is 2.92. The molecule has 19 heavy (non-hydrogen) atoms. The first kappa shape index (κ1) is 14.4. The third kappa shape index (κ3) is 4.51. The van der Waals surface area contributed by atoms with Crippen molar-refractivity contribution >= 4 is 0 Å². The van der Waals surface area contributed by atoms with Crippen molar-refractivity contribution in [1.82, 2.24) is 5.32 Å². The van der Waals surface area contributed by atoms with Crippen LogP contribution in [0.5, 0.6) is 5.75 Å². The maximum absolute atomic E-state index is 6.04. The lowest BCUT2D eigenvalue weighted by Gasteiger charge is -2.17. The minimum atomic E-state index is 0.322. The van der Waals surface area contributed by atoms with Crippen molar-refractivity contribution in [2.24, 2.45) is 0 Å². The number of hydrogen-bond acceptors (Lipinski definition) is 3. The normalized spacial score (nSPS) is 17.6. The zero-order valence-electron chi connectivity index (χ0n) is 12.0. The van der Waals surface area contributed by atoms with Crippen LogP contribution in [0.15, 0.2) is 24.3 Å². The van der Waals surface area contributed by atoms with E-state index in [0.717, 1.165) is 18.9 Å². The molecule has 1 atom stereocenters. The van der Waals surface area contributed by atoms with E-state index in [1.165, 1.54) is 31.2 Å². The van der Waals surface area contributed by atoms with Crippen LogP contribution >= 0.6 is 0 Å². The van der Waals surface area contributed by atoms with Crippen LogP contribution in [0.3, 0.4) is 0 Å². The summed E-state index contributed by atoms with van der Waals surface area (Å²) in [5, 5.41) is 3.44. The van der Waals surface area contributed by atoms with Crippen LogP contribution in [-0.2, 0) is 4.74 Å². The van der Waals surface area contributed by atoms with E-state index in [1.807, 2.05) is 0 Å². The van der Waals surface area contributed by atoms with Gasteiger partial charge in [-0.2, -0.15) is 0 Å². The van der Waals surface area contributed by atoms with Gasteiger partial charge in [-0.3, -0.25) is 0 Å². The Bertz CT molecular complexity index is 375. The molecule has 1 saturated carbocycles. The van der Waals surface area contributed by atoms with Crippen molar-refractivity contribution in [2.75, 3.05) is 20.3 Å². The maximum atomic E-state index is 6.04. The zero-order chi connectivity index (χ0) is 13.5. The van der Waals surface area contributed by atoms with Crippen LogP contribution in [0, 0.1) is 0 Å². The average molecular weight is 263 g/mol. The van der Waals surface area contributed by atoms with E-state index in [0.29, 0.717) is 12.1 Å². The predicted octanol–water partition coefficient (Wildman–Crippen LogP) is 3.31. The Hall–Kier alpha value is -1.06. The van der Waals surface area contributed by atoms with E-state index < -0.39 is 0 Å². The highest BCUT2D eigenvalue weighted by molar-refractivity contribution is 5.30. The highest BCUT2D eigenvalue weighted by atomic mass is 16.5. The SMILES string of the molecule is COCCN[C@H](C)c1cccc(OC2CCCC2)c1. The summed E-state index contributed by atoms with van der Waals surface area (Å²) in [5.74, 6) is 1.00. The fourth-order valence-electron chi connectivity index (χ4n) is 2.55. The monoisotopic (exact) mass is 263 g/mol. The zero-order valence-corrected chi connectivity index (χ0v) is 12.0. The molecule has 0 radical (unpaired) electrons. The van der Waals surface area contributed by atoms with Gasteiger partial charge in [-0.15, -0.1) is 0 Å². The number of nitrogens with one attached hydrogen (secondary N) is 1. The van der Waals surface area contributed by atoms with Crippen LogP contribution in [0.4, 0.5) is 0 Å². The van der Waals surface area contributed by atoms with Crippen molar-refractivity contribution in [1.29, 1.82) is 0 Å². The van der Waals surface area contributed by atoms with Crippen molar-refractivity contribution in [3.05, 3.63) is 29.8 Å². The fourth-order valence-corrected chi connectivity index (χ4v) is 2.55. The molecule has 1 fully saturated rings. The molecule has 0 aliphatic heterocycles. The van der Waals surface area contributed by atoms with Gasteiger partial charge in [0, 0.05) is 19.7 Å². The lowest BCUT2D eigenvalue weighted by molar-refractivity contribution is 0.196. The highest BCUT2D eigenvalue weighted by Gasteiger charge is 2.16. The first-order chi connectivity index (χ1) is 9.29. The van der Waals surface area contributed by atoms with Crippen molar-refractivity contribution in [3.8, 4) is 5.75 Å². The Morgan fingerprint density at radius 3 is 2.84 bits per heavy atom. The molecule has 0 aromatic heterocycles. The predicted molar refractivity (Wildman–Crippen MR) is 77.6 cm³/mol. The Labute approximate surface area is 116 Å². The molecule has 0 spiro atoms. The van der Waals surface area contributed by atoms with Crippen molar-refractivity contribution < 1.29 is 9.47 Å². The van der Waals surface area contributed by atoms with Gasteiger partial charge in [-0.1, -0.05) is 12.1 Å². The van der Waals surface area contributed by atoms with E-state index in [2.05, 4.69) is 36.5 Å². The molecule has 106 valence electrons. The summed E-state index contributed by atoms with van der Waals surface area (Å²) in [6, 6.07) is 8.76. The van der Waals surface area contributed by atoms with E-state index in [-0.39, 0.29) is 0 Å². The topological polar surface area (TPSA) is 30.5 Å². The second-order valence-electron chi connectivity index (χ2n) is 5.27. The Morgan fingerprint density at radius 1 is 1.32 bits per heavy atom. The number of ether oxygens (including phenoxy) is 2. The van der Waals surface area contributed by atoms with Crippen molar-refractivity contribution in [2.45, 2.75) is 44.8 Å². The smallest absolute Gasteiger partial charge is 0.120 e. The summed E-state index contributed by atoms with van der Waals surface area (Å²) in [4.78, 5) is 0. The first-order valence-electron chi connectivity index (χ1n) is 7.28. The molecule has 2 rings (SSSR count). The van der Waals surface area contributed by atoms with Gasteiger partial charge in [0.1, 0.15) is 5.75 Å². The van der Waals surface area contributed by atoms with Gasteiger partial charge in [-0.05, 0) is 50.3 Å². The number of methoxy groups -OCH3 is 1. The summed E-state index contributed by atoms with van der Waals surface area (Å²) >= 11 is 0. The maximum Gasteiger partial charge on any atom is 0.120 e. The largest absolute Gasteiger partial charge is 0.490 e. The third-order valence-electron chi connectivity index (χ3n) is 3.72. The summed E-state index contributed by atoms with van der Waals surface area (Å²) < 4.78 is 11.1. The van der Waals surface area contributed by atoms with E-state index in [1.54, 1.807) is 7.11 Å². The summed E-state index contributed by atoms with van der Waals surface area (Å²) in [7, 11) is 1.72. The van der Waals surface area contributed by atoms with E-state index in [4.69, 9.17) is 9.47 Å². The standard InChI is InChI=1S/C16H25NO2/c1-13(17-10-11-18-2)14-6-5-9-16(12-14)19-15-7-3-4-8-15/h5-6,9,12-13,15,17H,3-4,7-8,10-11H2,1-2H3/t13-/m1/s1. The summed E-state index contributed by atoms with van der Waals surface area (Å²) in [6.45, 7) is 3.78. The lowest BCUT2D eigenvalue weighted by atomic mass is 10.1. The molecule has 1 N–H and O–H groups in total. The molecule has 1 aliphatic carbocycles. The van der Waals surface area contributed by atoms with Crippen molar-refractivity contribution in [3.63, 3.8) is 0 Å². The number of benzene rings is 1. The van der Waals surface area contributed by atoms with Crippen LogP contribution in [0.25, 0.3) is 0 Å². The molecule has 0 saturated heterocycles. The molecule has 0 bridgehead atoms. The van der Waals surface area contributed by atoms with E-state index >= 15 is 0 Å². The van der Waals surface area contributed by atoms with Gasteiger partial charge in [0.2, 0.25) is 0 Å². The van der Waals surface area contributed by atoms with Gasteiger partial charge in [-0.25, -0.2) is 0 Å². The van der Waals surface area contributed by atoms with Crippen LogP contribution < -0.4 is 10.1 Å². The van der Waals surface area contributed by atoms with Gasteiger partial charge in [0.15, 0.2) is 0 Å². The molecule has 0 heterocycles. The third-order valence-corrected chi connectivity index (χ3v) is 3.72. The van der Waals surface area contributed by atoms with Gasteiger partial charge in [0.05, 0.1) is 12.7 Å². The van der Waals surface area contributed by atoms with Crippen LogP contribution in [-0.4, -0.2) is 26.4 Å². The molecule has 1 aromatic rings. The second-order valence-corrected chi connectivity index (χ2v) is 5.27. The molecule has 3 heteroatoms. The first-order valence-corrected chi connectivity index (χ1v) is 7.28. The summed E-state index contributed by atoms with van der Waals surface area (Å²) in [5.41, 5.74) is 1.27. The second kappa shape index (κ2) is 7.51. The number of rotatable bonds is 7. The van der Waals surface area contributed by atoms with E-state index in [9.17, 15) is 0 Å². The molecule has 1 aromatic carbocycles. The molecular weight excluding hydrogens is 238 g/mol. The Morgan fingerprint density at radius 2 is 2.11 bits per heavy atom. The summed E-state index contributed by atoms with van der Waals surface area (Å²) in [6.07, 6.45) is 5.43.